The molecule has 168 valence electrons. The summed E-state index contributed by atoms with van der Waals surface area (Å²) >= 11 is 1.48. The number of nitrogens with zero attached hydrogens (tertiary/aromatic N) is 2. The number of aliphatic hydroxyl groups is 1. The van der Waals surface area contributed by atoms with Crippen LogP contribution in [0.5, 0.6) is 5.75 Å². The standard InChI is InChI=1S/C22H20F3N3O3S/c1-12-13(2)32-21(26-12)28-16(10-29)11-31-19-17(4-3-5-18(19)28)20(30)27-15-8-6-14(7-9-15)22(23,24)25/h3-9,16,29H,10-11H2,1-2H3,(H,27,30). The third-order valence-corrected chi connectivity index (χ3v) is 6.26. The number of carbonyl (C=O) groups excluding carboxylic acids is 1. The van der Waals surface area contributed by atoms with Crippen LogP contribution in [0.2, 0.25) is 0 Å². The number of benzene rings is 2. The lowest BCUT2D eigenvalue weighted by Gasteiger charge is -2.36. The van der Waals surface area contributed by atoms with Crippen LogP contribution in [0.25, 0.3) is 0 Å². The smallest absolute Gasteiger partial charge is 0.416 e. The Morgan fingerprint density at radius 3 is 2.56 bits per heavy atom. The first-order valence-corrected chi connectivity index (χ1v) is 10.6. The van der Waals surface area contributed by atoms with Gasteiger partial charge in [0.2, 0.25) is 0 Å². The van der Waals surface area contributed by atoms with Crippen molar-refractivity contribution >= 4 is 33.8 Å². The van der Waals surface area contributed by atoms with E-state index < -0.39 is 17.6 Å². The number of para-hydroxylation sites is 1. The number of halogens is 3. The molecule has 2 aromatic carbocycles. The van der Waals surface area contributed by atoms with E-state index in [1.165, 1.54) is 23.5 Å². The first-order chi connectivity index (χ1) is 15.2. The molecule has 1 unspecified atom stereocenters. The monoisotopic (exact) mass is 463 g/mol. The Kier molecular flexibility index (Phi) is 5.83. The number of hydrogen-bond donors (Lipinski definition) is 2. The molecule has 0 saturated heterocycles. The third kappa shape index (κ3) is 4.15. The number of alkyl halides is 3. The zero-order valence-electron chi connectivity index (χ0n) is 17.2. The summed E-state index contributed by atoms with van der Waals surface area (Å²) in [4.78, 5) is 20.4. The van der Waals surface area contributed by atoms with Gasteiger partial charge in [-0.1, -0.05) is 6.07 Å². The number of fused-ring (bicyclic) bond motifs is 1. The predicted molar refractivity (Wildman–Crippen MR) is 116 cm³/mol. The molecule has 4 rings (SSSR count). The summed E-state index contributed by atoms with van der Waals surface area (Å²) in [6.45, 7) is 3.84. The van der Waals surface area contributed by atoms with Crippen molar-refractivity contribution in [1.29, 1.82) is 0 Å². The quantitative estimate of drug-likeness (QED) is 0.574. The number of aromatic nitrogens is 1. The molecule has 0 radical (unpaired) electrons. The van der Waals surface area contributed by atoms with E-state index in [0.29, 0.717) is 16.6 Å². The second kappa shape index (κ2) is 8.44. The topological polar surface area (TPSA) is 74.7 Å². The summed E-state index contributed by atoms with van der Waals surface area (Å²) in [5, 5.41) is 13.2. The molecular formula is C22H20F3N3O3S. The molecule has 2 heterocycles. The Balaban J connectivity index is 1.66. The van der Waals surface area contributed by atoms with Gasteiger partial charge in [0.05, 0.1) is 35.2 Å². The van der Waals surface area contributed by atoms with Crippen LogP contribution < -0.4 is 15.0 Å². The lowest BCUT2D eigenvalue weighted by molar-refractivity contribution is -0.137. The van der Waals surface area contributed by atoms with Gasteiger partial charge >= 0.3 is 6.18 Å². The van der Waals surface area contributed by atoms with Crippen LogP contribution >= 0.6 is 11.3 Å². The maximum atomic E-state index is 12.9. The fourth-order valence-corrected chi connectivity index (χ4v) is 4.38. The molecule has 1 amide bonds. The number of rotatable bonds is 4. The highest BCUT2D eigenvalue weighted by Crippen LogP contribution is 2.43. The van der Waals surface area contributed by atoms with Crippen molar-refractivity contribution in [3.8, 4) is 5.75 Å². The van der Waals surface area contributed by atoms with Crippen molar-refractivity contribution in [2.75, 3.05) is 23.4 Å². The predicted octanol–water partition coefficient (Wildman–Crippen LogP) is 4.92. The van der Waals surface area contributed by atoms with Crippen molar-refractivity contribution in [3.63, 3.8) is 0 Å². The van der Waals surface area contributed by atoms with E-state index in [1.54, 1.807) is 18.2 Å². The largest absolute Gasteiger partial charge is 0.488 e. The van der Waals surface area contributed by atoms with E-state index in [2.05, 4.69) is 10.3 Å². The van der Waals surface area contributed by atoms with Gasteiger partial charge in [-0.15, -0.1) is 11.3 Å². The fourth-order valence-electron chi connectivity index (χ4n) is 3.39. The molecular weight excluding hydrogens is 443 g/mol. The molecule has 0 fully saturated rings. The minimum Gasteiger partial charge on any atom is -0.488 e. The highest BCUT2D eigenvalue weighted by atomic mass is 32.1. The molecule has 2 N–H and O–H groups in total. The summed E-state index contributed by atoms with van der Waals surface area (Å²) in [5.41, 5.74) is 1.13. The zero-order valence-corrected chi connectivity index (χ0v) is 18.0. The van der Waals surface area contributed by atoms with Gasteiger partial charge in [0.1, 0.15) is 6.61 Å². The van der Waals surface area contributed by atoms with Crippen LogP contribution in [-0.4, -0.2) is 35.3 Å². The van der Waals surface area contributed by atoms with Gasteiger partial charge in [0.25, 0.3) is 5.91 Å². The number of thiazole rings is 1. The van der Waals surface area contributed by atoms with Crippen molar-refractivity contribution in [2.45, 2.75) is 26.1 Å². The lowest BCUT2D eigenvalue weighted by Crippen LogP contribution is -2.43. The van der Waals surface area contributed by atoms with E-state index in [9.17, 15) is 23.1 Å². The molecule has 6 nitrogen and oxygen atoms in total. The minimum atomic E-state index is -4.45. The molecule has 1 atom stereocenters. The molecule has 3 aromatic rings. The summed E-state index contributed by atoms with van der Waals surface area (Å²) in [7, 11) is 0. The number of anilines is 3. The Morgan fingerprint density at radius 1 is 1.25 bits per heavy atom. The third-order valence-electron chi connectivity index (χ3n) is 5.19. The van der Waals surface area contributed by atoms with Gasteiger partial charge < -0.3 is 20.1 Å². The fraction of sp³-hybridized carbons (Fsp3) is 0.273. The van der Waals surface area contributed by atoms with Crippen molar-refractivity contribution in [3.05, 3.63) is 64.2 Å². The van der Waals surface area contributed by atoms with E-state index in [4.69, 9.17) is 4.74 Å². The number of aryl methyl sites for hydroxylation is 2. The minimum absolute atomic E-state index is 0.145. The Labute approximate surface area is 186 Å². The van der Waals surface area contributed by atoms with Crippen LogP contribution in [-0.2, 0) is 6.18 Å². The molecule has 1 aliphatic heterocycles. The molecule has 10 heteroatoms. The summed E-state index contributed by atoms with van der Waals surface area (Å²) in [5.74, 6) is -0.192. The van der Waals surface area contributed by atoms with Crippen molar-refractivity contribution < 1.29 is 27.8 Å². The van der Waals surface area contributed by atoms with Crippen LogP contribution in [0.4, 0.5) is 29.7 Å². The number of amides is 1. The van der Waals surface area contributed by atoms with Crippen molar-refractivity contribution in [2.24, 2.45) is 0 Å². The first kappa shape index (κ1) is 22.1. The summed E-state index contributed by atoms with van der Waals surface area (Å²) < 4.78 is 44.1. The number of hydrogen-bond acceptors (Lipinski definition) is 6. The number of aliphatic hydroxyl groups excluding tert-OH is 1. The molecule has 0 bridgehead atoms. The highest BCUT2D eigenvalue weighted by Gasteiger charge is 2.33. The van der Waals surface area contributed by atoms with Gasteiger partial charge in [-0.3, -0.25) is 4.79 Å². The average Bonchev–Trinajstić information content (AvgIpc) is 3.09. The van der Waals surface area contributed by atoms with Crippen LogP contribution in [0.15, 0.2) is 42.5 Å². The average molecular weight is 463 g/mol. The van der Waals surface area contributed by atoms with Crippen LogP contribution in [0.3, 0.4) is 0 Å². The van der Waals surface area contributed by atoms with E-state index >= 15 is 0 Å². The Bertz CT molecular complexity index is 1130. The number of carbonyl (C=O) groups is 1. The first-order valence-electron chi connectivity index (χ1n) is 9.77. The lowest BCUT2D eigenvalue weighted by atomic mass is 10.1. The molecule has 0 saturated carbocycles. The normalized spacial score (nSPS) is 15.8. The summed E-state index contributed by atoms with van der Waals surface area (Å²) in [6.07, 6.45) is -4.45. The maximum Gasteiger partial charge on any atom is 0.416 e. The van der Waals surface area contributed by atoms with E-state index in [-0.39, 0.29) is 30.5 Å². The van der Waals surface area contributed by atoms with Crippen molar-refractivity contribution in [1.82, 2.24) is 4.98 Å². The van der Waals surface area contributed by atoms with Gasteiger partial charge in [-0.25, -0.2) is 4.98 Å². The van der Waals surface area contributed by atoms with E-state index in [1.807, 2.05) is 18.7 Å². The second-order valence-electron chi connectivity index (χ2n) is 7.34. The van der Waals surface area contributed by atoms with Gasteiger partial charge in [-0.05, 0) is 50.2 Å². The van der Waals surface area contributed by atoms with E-state index in [0.717, 1.165) is 22.7 Å². The SMILES string of the molecule is Cc1nc(N2c3cccc(C(=O)Nc4ccc(C(F)(F)F)cc4)c3OCC2CO)sc1C. The van der Waals surface area contributed by atoms with Crippen LogP contribution in [0, 0.1) is 13.8 Å². The summed E-state index contributed by atoms with van der Waals surface area (Å²) in [6, 6.07) is 8.88. The van der Waals surface area contributed by atoms with Gasteiger partial charge in [-0.2, -0.15) is 13.2 Å². The molecule has 1 aliphatic rings. The number of ether oxygens (including phenoxy) is 1. The number of nitrogens with one attached hydrogen (secondary N) is 1. The molecule has 1 aromatic heterocycles. The molecule has 0 spiro atoms. The Morgan fingerprint density at radius 2 is 1.97 bits per heavy atom. The van der Waals surface area contributed by atoms with Gasteiger partial charge in [0.15, 0.2) is 10.9 Å². The Hall–Kier alpha value is -3.11. The second-order valence-corrected chi connectivity index (χ2v) is 8.52. The van der Waals surface area contributed by atoms with Crippen LogP contribution in [0.1, 0.15) is 26.5 Å². The zero-order chi connectivity index (χ0) is 23.0. The highest BCUT2D eigenvalue weighted by molar-refractivity contribution is 7.15. The molecule has 0 aliphatic carbocycles. The molecule has 32 heavy (non-hydrogen) atoms. The maximum absolute atomic E-state index is 12.9. The van der Waals surface area contributed by atoms with Gasteiger partial charge in [0, 0.05) is 10.6 Å².